The summed E-state index contributed by atoms with van der Waals surface area (Å²) < 4.78 is 2.83. The lowest BCUT2D eigenvalue weighted by molar-refractivity contribution is 0.00446. The molecule has 3 heterocycles. The highest BCUT2D eigenvalue weighted by molar-refractivity contribution is 7.21. The molecule has 2 aromatic carbocycles. The predicted octanol–water partition coefficient (Wildman–Crippen LogP) is 4.15. The maximum atomic E-state index is 10.7. The van der Waals surface area contributed by atoms with Crippen molar-refractivity contribution in [2.24, 2.45) is 13.0 Å². The number of nitrogens with one attached hydrogen (secondary N) is 2. The van der Waals surface area contributed by atoms with Crippen LogP contribution in [0.15, 0.2) is 60.9 Å². The second kappa shape index (κ2) is 11.2. The van der Waals surface area contributed by atoms with Crippen LogP contribution in [0.25, 0.3) is 31.9 Å². The fraction of sp³-hybridized carbons (Fsp3) is 0.333. The molecule has 0 spiro atoms. The van der Waals surface area contributed by atoms with Gasteiger partial charge in [0.05, 0.1) is 45.9 Å². The average Bonchev–Trinajstić information content (AvgIpc) is 3.66. The molecule has 6 rings (SSSR count). The summed E-state index contributed by atoms with van der Waals surface area (Å²) in [5.74, 6) is 0.544. The van der Waals surface area contributed by atoms with Crippen molar-refractivity contribution in [1.82, 2.24) is 24.7 Å². The zero-order valence-corrected chi connectivity index (χ0v) is 23.9. The van der Waals surface area contributed by atoms with Crippen LogP contribution in [-0.2, 0) is 7.05 Å². The molecule has 41 heavy (non-hydrogen) atoms. The SMILES string of the molecule is Cc1nc(N[C@H](C)c2ccc(-c3cnn(C)c3)cc2)nc(NC2C[C@H](CO)[C@@H](O)[C@H]2O)c1-c1nc2ccccc2s1. The summed E-state index contributed by atoms with van der Waals surface area (Å²) in [7, 11) is 1.90. The van der Waals surface area contributed by atoms with E-state index in [1.807, 2.05) is 50.6 Å². The van der Waals surface area contributed by atoms with Gasteiger partial charge in [0.2, 0.25) is 5.95 Å². The first kappa shape index (κ1) is 27.3. The molecule has 0 amide bonds. The summed E-state index contributed by atoms with van der Waals surface area (Å²) in [6, 6.07) is 15.7. The number of hydrogen-bond acceptors (Lipinski definition) is 10. The maximum absolute atomic E-state index is 10.7. The third kappa shape index (κ3) is 5.41. The van der Waals surface area contributed by atoms with Crippen LogP contribution < -0.4 is 10.6 Å². The van der Waals surface area contributed by atoms with Crippen LogP contribution in [0, 0.1) is 12.8 Å². The van der Waals surface area contributed by atoms with Crippen molar-refractivity contribution in [2.45, 2.75) is 44.6 Å². The van der Waals surface area contributed by atoms with Crippen LogP contribution in [-0.4, -0.2) is 64.9 Å². The number of rotatable bonds is 8. The molecule has 5 atom stereocenters. The van der Waals surface area contributed by atoms with Gasteiger partial charge in [-0.1, -0.05) is 36.4 Å². The quantitative estimate of drug-likeness (QED) is 0.186. The van der Waals surface area contributed by atoms with Crippen LogP contribution in [0.4, 0.5) is 11.8 Å². The van der Waals surface area contributed by atoms with Gasteiger partial charge < -0.3 is 26.0 Å². The van der Waals surface area contributed by atoms with Gasteiger partial charge in [-0.25, -0.2) is 9.97 Å². The summed E-state index contributed by atoms with van der Waals surface area (Å²) in [5, 5.41) is 42.7. The Hall–Kier alpha value is -3.90. The normalized spacial score (nSPS) is 21.3. The van der Waals surface area contributed by atoms with Crippen LogP contribution in [0.5, 0.6) is 0 Å². The molecule has 1 unspecified atom stereocenters. The van der Waals surface area contributed by atoms with Crippen LogP contribution in [0.3, 0.4) is 0 Å². The first-order valence-corrected chi connectivity index (χ1v) is 14.5. The first-order valence-electron chi connectivity index (χ1n) is 13.6. The molecule has 5 N–H and O–H groups in total. The largest absolute Gasteiger partial charge is 0.396 e. The Labute approximate surface area is 241 Å². The Morgan fingerprint density at radius 1 is 1.02 bits per heavy atom. The molecule has 212 valence electrons. The van der Waals surface area contributed by atoms with E-state index in [9.17, 15) is 15.3 Å². The third-order valence-electron chi connectivity index (χ3n) is 7.75. The molecule has 1 saturated carbocycles. The van der Waals surface area contributed by atoms with Gasteiger partial charge in [-0.05, 0) is 43.5 Å². The van der Waals surface area contributed by atoms with Crippen molar-refractivity contribution >= 4 is 33.3 Å². The number of nitrogens with zero attached hydrogens (tertiary/aromatic N) is 5. The van der Waals surface area contributed by atoms with Crippen molar-refractivity contribution in [3.63, 3.8) is 0 Å². The van der Waals surface area contributed by atoms with Gasteiger partial charge in [-0.15, -0.1) is 11.3 Å². The van der Waals surface area contributed by atoms with E-state index < -0.39 is 24.2 Å². The summed E-state index contributed by atoms with van der Waals surface area (Å²) in [6.07, 6.45) is 2.18. The van der Waals surface area contributed by atoms with Gasteiger partial charge in [0.25, 0.3) is 0 Å². The zero-order chi connectivity index (χ0) is 28.7. The van der Waals surface area contributed by atoms with Crippen LogP contribution in [0.2, 0.25) is 0 Å². The van der Waals surface area contributed by atoms with Crippen molar-refractivity contribution < 1.29 is 15.3 Å². The average molecular weight is 572 g/mol. The van der Waals surface area contributed by atoms with E-state index in [-0.39, 0.29) is 12.6 Å². The molecule has 0 radical (unpaired) electrons. The number of hydrogen-bond donors (Lipinski definition) is 5. The summed E-state index contributed by atoms with van der Waals surface area (Å²) in [5.41, 5.74) is 5.59. The molecule has 1 fully saturated rings. The molecule has 3 aromatic heterocycles. The van der Waals surface area contributed by atoms with Gasteiger partial charge in [0.1, 0.15) is 16.9 Å². The molecule has 0 bridgehead atoms. The van der Waals surface area contributed by atoms with Gasteiger partial charge in [-0.3, -0.25) is 4.68 Å². The smallest absolute Gasteiger partial charge is 0.225 e. The highest BCUT2D eigenvalue weighted by Gasteiger charge is 2.41. The molecule has 0 saturated heterocycles. The predicted molar refractivity (Wildman–Crippen MR) is 161 cm³/mol. The summed E-state index contributed by atoms with van der Waals surface area (Å²) in [4.78, 5) is 14.5. The van der Waals surface area contributed by atoms with Crippen molar-refractivity contribution in [3.05, 3.63) is 72.2 Å². The number of anilines is 2. The van der Waals surface area contributed by atoms with E-state index in [0.29, 0.717) is 18.2 Å². The van der Waals surface area contributed by atoms with E-state index in [1.54, 1.807) is 16.0 Å². The van der Waals surface area contributed by atoms with E-state index in [0.717, 1.165) is 43.2 Å². The lowest BCUT2D eigenvalue weighted by atomic mass is 10.0. The van der Waals surface area contributed by atoms with Gasteiger partial charge in [-0.2, -0.15) is 10.1 Å². The lowest BCUT2D eigenvalue weighted by Gasteiger charge is -2.22. The Balaban J connectivity index is 1.31. The van der Waals surface area contributed by atoms with Gasteiger partial charge >= 0.3 is 0 Å². The fourth-order valence-corrected chi connectivity index (χ4v) is 6.48. The Kier molecular flexibility index (Phi) is 7.43. The third-order valence-corrected chi connectivity index (χ3v) is 8.80. The van der Waals surface area contributed by atoms with Crippen LogP contribution >= 0.6 is 11.3 Å². The van der Waals surface area contributed by atoms with Gasteiger partial charge in [0.15, 0.2) is 0 Å². The minimum absolute atomic E-state index is 0.0869. The summed E-state index contributed by atoms with van der Waals surface area (Å²) in [6.45, 7) is 3.77. The van der Waals surface area contributed by atoms with E-state index >= 15 is 0 Å². The number of para-hydroxylation sites is 1. The highest BCUT2D eigenvalue weighted by Crippen LogP contribution is 2.38. The summed E-state index contributed by atoms with van der Waals surface area (Å²) >= 11 is 1.55. The molecule has 0 aliphatic heterocycles. The van der Waals surface area contributed by atoms with E-state index in [4.69, 9.17) is 15.0 Å². The Bertz CT molecular complexity index is 1640. The maximum Gasteiger partial charge on any atom is 0.225 e. The number of benzene rings is 2. The molecular formula is C30H33N7O3S. The monoisotopic (exact) mass is 571 g/mol. The molecule has 1 aliphatic rings. The molecule has 10 nitrogen and oxygen atoms in total. The topological polar surface area (TPSA) is 141 Å². The van der Waals surface area contributed by atoms with Crippen molar-refractivity contribution in [1.29, 1.82) is 0 Å². The second-order valence-corrected chi connectivity index (χ2v) is 11.7. The molecule has 5 aromatic rings. The van der Waals surface area contributed by atoms with Crippen molar-refractivity contribution in [2.75, 3.05) is 17.2 Å². The molecule has 1 aliphatic carbocycles. The van der Waals surface area contributed by atoms with Crippen molar-refractivity contribution in [3.8, 4) is 21.7 Å². The zero-order valence-electron chi connectivity index (χ0n) is 23.1. The molecular weight excluding hydrogens is 538 g/mol. The first-order chi connectivity index (χ1) is 19.8. The van der Waals surface area contributed by atoms with Gasteiger partial charge in [0, 0.05) is 31.3 Å². The fourth-order valence-electron chi connectivity index (χ4n) is 5.41. The highest BCUT2D eigenvalue weighted by atomic mass is 32.1. The standard InChI is InChI=1S/C30H33N7O3S/c1-16(18-8-10-19(11-9-18)21-13-31-37(3)14-21)32-30-33-17(2)25(29-35-22-6-4-5-7-24(22)41-29)28(36-30)34-23-12-20(15-38)26(39)27(23)40/h4-11,13-14,16,20,23,26-27,38-40H,12,15H2,1-3H3,(H2,32,33,34,36)/t16-,20-,23?,26-,27+/m1/s1. The van der Waals surface area contributed by atoms with E-state index in [1.165, 1.54) is 0 Å². The number of aliphatic hydroxyl groups excluding tert-OH is 3. The number of aliphatic hydroxyl groups is 3. The minimum atomic E-state index is -1.04. The Morgan fingerprint density at radius 3 is 2.49 bits per heavy atom. The lowest BCUT2D eigenvalue weighted by Crippen LogP contribution is -2.35. The number of aryl methyl sites for hydroxylation is 2. The number of fused-ring (bicyclic) bond motifs is 1. The second-order valence-electron chi connectivity index (χ2n) is 10.6. The Morgan fingerprint density at radius 2 is 1.80 bits per heavy atom. The minimum Gasteiger partial charge on any atom is -0.396 e. The van der Waals surface area contributed by atoms with E-state index in [2.05, 4.69) is 46.9 Å². The number of thiazole rings is 1. The molecule has 11 heteroatoms. The van der Waals surface area contributed by atoms with Crippen LogP contribution in [0.1, 0.15) is 30.6 Å². The number of aromatic nitrogens is 5.